The zero-order valence-corrected chi connectivity index (χ0v) is 13.6. The fourth-order valence-corrected chi connectivity index (χ4v) is 4.57. The summed E-state index contributed by atoms with van der Waals surface area (Å²) in [6, 6.07) is 0. The Hall–Kier alpha value is 0. The van der Waals surface area contributed by atoms with E-state index in [0.717, 1.165) is 17.8 Å². The second-order valence-electron chi connectivity index (χ2n) is 7.15. The van der Waals surface area contributed by atoms with Crippen molar-refractivity contribution in [3.8, 4) is 0 Å². The molecule has 18 heavy (non-hydrogen) atoms. The van der Waals surface area contributed by atoms with Gasteiger partial charge in [0.25, 0.3) is 0 Å². The lowest BCUT2D eigenvalue weighted by Crippen LogP contribution is -2.30. The van der Waals surface area contributed by atoms with Gasteiger partial charge in [0.2, 0.25) is 0 Å². The Balaban J connectivity index is 2.61. The predicted molar refractivity (Wildman–Crippen MR) is 82.8 cm³/mol. The first-order valence-electron chi connectivity index (χ1n) is 8.57. The van der Waals surface area contributed by atoms with Crippen molar-refractivity contribution in [3.63, 3.8) is 0 Å². The normalized spacial score (nSPS) is 28.5. The fraction of sp³-hybridized carbons (Fsp3) is 1.00. The molecular formula is C18H36. The maximum Gasteiger partial charge on any atom is -0.0295 e. The summed E-state index contributed by atoms with van der Waals surface area (Å²) in [4.78, 5) is 0. The van der Waals surface area contributed by atoms with Gasteiger partial charge < -0.3 is 0 Å². The van der Waals surface area contributed by atoms with E-state index >= 15 is 0 Å². The Labute approximate surface area is 116 Å². The van der Waals surface area contributed by atoms with Crippen molar-refractivity contribution in [2.45, 2.75) is 92.4 Å². The topological polar surface area (TPSA) is 0 Å². The minimum Gasteiger partial charge on any atom is -0.0654 e. The summed E-state index contributed by atoms with van der Waals surface area (Å²) < 4.78 is 0. The third kappa shape index (κ3) is 3.75. The van der Waals surface area contributed by atoms with Gasteiger partial charge in [-0.3, -0.25) is 0 Å². The van der Waals surface area contributed by atoms with Crippen LogP contribution in [-0.2, 0) is 0 Å². The summed E-state index contributed by atoms with van der Waals surface area (Å²) in [5.74, 6) is 2.99. The van der Waals surface area contributed by atoms with Gasteiger partial charge in [-0.15, -0.1) is 0 Å². The highest BCUT2D eigenvalue weighted by Crippen LogP contribution is 2.53. The lowest BCUT2D eigenvalue weighted by molar-refractivity contribution is 0.114. The summed E-state index contributed by atoms with van der Waals surface area (Å²) in [5, 5.41) is 0. The summed E-state index contributed by atoms with van der Waals surface area (Å²) in [5.41, 5.74) is 0.598. The van der Waals surface area contributed by atoms with Gasteiger partial charge in [-0.25, -0.2) is 0 Å². The van der Waals surface area contributed by atoms with Crippen LogP contribution in [-0.4, -0.2) is 0 Å². The van der Waals surface area contributed by atoms with Gasteiger partial charge >= 0.3 is 0 Å². The molecule has 1 saturated carbocycles. The first kappa shape index (κ1) is 16.1. The summed E-state index contributed by atoms with van der Waals surface area (Å²) >= 11 is 0. The summed E-state index contributed by atoms with van der Waals surface area (Å²) in [6.45, 7) is 12.2. The van der Waals surface area contributed by atoms with Gasteiger partial charge in [0.05, 0.1) is 0 Å². The molecule has 108 valence electrons. The highest BCUT2D eigenvalue weighted by molar-refractivity contribution is 4.94. The number of unbranched alkanes of at least 4 members (excludes halogenated alkanes) is 2. The van der Waals surface area contributed by atoms with E-state index in [2.05, 4.69) is 34.6 Å². The molecule has 0 heteroatoms. The van der Waals surface area contributed by atoms with E-state index in [0.29, 0.717) is 5.41 Å². The maximum atomic E-state index is 2.56. The molecule has 0 spiro atoms. The molecule has 1 fully saturated rings. The van der Waals surface area contributed by atoms with Crippen molar-refractivity contribution < 1.29 is 0 Å². The first-order valence-corrected chi connectivity index (χ1v) is 8.57. The van der Waals surface area contributed by atoms with E-state index in [4.69, 9.17) is 0 Å². The number of hydrogen-bond donors (Lipinski definition) is 0. The molecule has 3 unspecified atom stereocenters. The third-order valence-electron chi connectivity index (χ3n) is 5.73. The van der Waals surface area contributed by atoms with E-state index in [1.54, 1.807) is 0 Å². The Bertz CT molecular complexity index is 216. The molecule has 1 aliphatic carbocycles. The van der Waals surface area contributed by atoms with Crippen molar-refractivity contribution >= 4 is 0 Å². The van der Waals surface area contributed by atoms with Crippen LogP contribution in [0.1, 0.15) is 92.4 Å². The molecule has 0 N–H and O–H groups in total. The zero-order chi connectivity index (χ0) is 13.6. The van der Waals surface area contributed by atoms with Crippen molar-refractivity contribution in [2.24, 2.45) is 23.2 Å². The van der Waals surface area contributed by atoms with E-state index in [9.17, 15) is 0 Å². The monoisotopic (exact) mass is 252 g/mol. The molecule has 0 aromatic heterocycles. The predicted octanol–water partition coefficient (Wildman–Crippen LogP) is 6.45. The first-order chi connectivity index (χ1) is 8.57. The molecule has 0 amide bonds. The van der Waals surface area contributed by atoms with E-state index in [1.807, 2.05) is 0 Å². The van der Waals surface area contributed by atoms with Gasteiger partial charge in [-0.1, -0.05) is 79.6 Å². The molecule has 0 aromatic rings. The van der Waals surface area contributed by atoms with Crippen LogP contribution in [0.2, 0.25) is 0 Å². The van der Waals surface area contributed by atoms with Crippen LogP contribution >= 0.6 is 0 Å². The third-order valence-corrected chi connectivity index (χ3v) is 5.73. The second-order valence-corrected chi connectivity index (χ2v) is 7.15. The summed E-state index contributed by atoms with van der Waals surface area (Å²) in [6.07, 6.45) is 13.0. The minimum absolute atomic E-state index is 0.598. The summed E-state index contributed by atoms with van der Waals surface area (Å²) in [7, 11) is 0. The van der Waals surface area contributed by atoms with E-state index < -0.39 is 0 Å². The molecule has 1 aliphatic rings. The molecule has 1 rings (SSSR count). The van der Waals surface area contributed by atoms with Crippen molar-refractivity contribution in [1.82, 2.24) is 0 Å². The van der Waals surface area contributed by atoms with E-state index in [1.165, 1.54) is 57.8 Å². The highest BCUT2D eigenvalue weighted by atomic mass is 14.5. The second kappa shape index (κ2) is 7.56. The van der Waals surface area contributed by atoms with Crippen LogP contribution in [0.5, 0.6) is 0 Å². The number of hydrogen-bond acceptors (Lipinski definition) is 0. The Morgan fingerprint density at radius 3 is 2.17 bits per heavy atom. The quantitative estimate of drug-likeness (QED) is 0.436. The highest BCUT2D eigenvalue weighted by Gasteiger charge is 2.44. The van der Waals surface area contributed by atoms with Crippen molar-refractivity contribution in [1.29, 1.82) is 0 Å². The van der Waals surface area contributed by atoms with Gasteiger partial charge in [0.15, 0.2) is 0 Å². The standard InChI is InChI=1S/C18H36/c1-6-9-10-12-15(11-7-2)17-14-13-16(8-3)18(17,4)5/h15-17H,6-14H2,1-5H3. The van der Waals surface area contributed by atoms with Crippen molar-refractivity contribution in [2.75, 3.05) is 0 Å². The van der Waals surface area contributed by atoms with Crippen LogP contribution in [0.25, 0.3) is 0 Å². The SMILES string of the molecule is CCCCCC(CCC)C1CCC(CC)C1(C)C. The smallest absolute Gasteiger partial charge is 0.0295 e. The van der Waals surface area contributed by atoms with Gasteiger partial charge in [0, 0.05) is 0 Å². The molecular weight excluding hydrogens is 216 g/mol. The van der Waals surface area contributed by atoms with Crippen LogP contribution < -0.4 is 0 Å². The van der Waals surface area contributed by atoms with E-state index in [-0.39, 0.29) is 0 Å². The zero-order valence-electron chi connectivity index (χ0n) is 13.6. The van der Waals surface area contributed by atoms with Crippen LogP contribution in [0.3, 0.4) is 0 Å². The Morgan fingerprint density at radius 1 is 0.944 bits per heavy atom. The average Bonchev–Trinajstić information content (AvgIpc) is 2.63. The minimum atomic E-state index is 0.598. The van der Waals surface area contributed by atoms with Crippen LogP contribution in [0.4, 0.5) is 0 Å². The molecule has 0 nitrogen and oxygen atoms in total. The van der Waals surface area contributed by atoms with Crippen LogP contribution in [0, 0.1) is 23.2 Å². The Kier molecular flexibility index (Phi) is 6.74. The van der Waals surface area contributed by atoms with Gasteiger partial charge in [-0.2, -0.15) is 0 Å². The van der Waals surface area contributed by atoms with Crippen LogP contribution in [0.15, 0.2) is 0 Å². The lowest BCUT2D eigenvalue weighted by atomic mass is 9.67. The molecule has 0 aliphatic heterocycles. The largest absolute Gasteiger partial charge is 0.0654 e. The molecule has 0 saturated heterocycles. The maximum absolute atomic E-state index is 2.56. The molecule has 0 heterocycles. The van der Waals surface area contributed by atoms with Crippen molar-refractivity contribution in [3.05, 3.63) is 0 Å². The lowest BCUT2D eigenvalue weighted by Gasteiger charge is -2.38. The molecule has 0 aromatic carbocycles. The number of rotatable bonds is 8. The van der Waals surface area contributed by atoms with Gasteiger partial charge in [0.1, 0.15) is 0 Å². The van der Waals surface area contributed by atoms with Gasteiger partial charge in [-0.05, 0) is 36.0 Å². The molecule has 0 bridgehead atoms. The molecule has 0 radical (unpaired) electrons. The Morgan fingerprint density at radius 2 is 1.67 bits per heavy atom. The molecule has 3 atom stereocenters. The average molecular weight is 252 g/mol. The fourth-order valence-electron chi connectivity index (χ4n) is 4.57.